The van der Waals surface area contributed by atoms with Gasteiger partial charge in [-0.2, -0.15) is 0 Å². The van der Waals surface area contributed by atoms with Gasteiger partial charge >= 0.3 is 0 Å². The maximum absolute atomic E-state index is 5.69. The van der Waals surface area contributed by atoms with Gasteiger partial charge in [-0.3, -0.25) is 0 Å². The molecule has 0 aliphatic carbocycles. The van der Waals surface area contributed by atoms with Gasteiger partial charge in [0, 0.05) is 6.04 Å². The number of hydrogen-bond acceptors (Lipinski definition) is 2. The van der Waals surface area contributed by atoms with Crippen molar-refractivity contribution in [2.24, 2.45) is 0 Å². The quantitative estimate of drug-likeness (QED) is 0.798. The molecule has 0 amide bonds. The molecule has 1 unspecified atom stereocenters. The molecule has 1 atom stereocenters. The molecule has 0 aromatic heterocycles. The van der Waals surface area contributed by atoms with Crippen molar-refractivity contribution in [1.82, 2.24) is 5.32 Å². The Morgan fingerprint density at radius 1 is 1.11 bits per heavy atom. The van der Waals surface area contributed by atoms with E-state index in [9.17, 15) is 0 Å². The zero-order valence-corrected chi connectivity index (χ0v) is 13.3. The van der Waals surface area contributed by atoms with Crippen molar-refractivity contribution in [3.8, 4) is 5.75 Å². The average Bonchev–Trinajstić information content (AvgIpc) is 2.28. The zero-order valence-electron chi connectivity index (χ0n) is 13.3. The lowest BCUT2D eigenvalue weighted by molar-refractivity contribution is 0.242. The molecule has 1 aromatic rings. The maximum Gasteiger partial charge on any atom is 0.119 e. The fourth-order valence-electron chi connectivity index (χ4n) is 2.56. The Kier molecular flexibility index (Phi) is 5.86. The minimum Gasteiger partial charge on any atom is -0.491 e. The minimum atomic E-state index is 0.179. The molecular weight excluding hydrogens is 234 g/mol. The van der Waals surface area contributed by atoms with Crippen LogP contribution in [0.5, 0.6) is 5.75 Å². The molecule has 0 aliphatic heterocycles. The van der Waals surface area contributed by atoms with E-state index in [1.54, 1.807) is 0 Å². The highest BCUT2D eigenvalue weighted by Crippen LogP contribution is 2.29. The third kappa shape index (κ3) is 5.23. The molecule has 2 heteroatoms. The number of ether oxygens (including phenoxy) is 1. The maximum atomic E-state index is 5.69. The molecule has 0 fully saturated rings. The first-order valence-corrected chi connectivity index (χ1v) is 7.35. The fourth-order valence-corrected chi connectivity index (χ4v) is 2.56. The lowest BCUT2D eigenvalue weighted by atomic mass is 9.79. The van der Waals surface area contributed by atoms with Crippen LogP contribution in [0.3, 0.4) is 0 Å². The summed E-state index contributed by atoms with van der Waals surface area (Å²) in [6.07, 6.45) is 1.36. The van der Waals surface area contributed by atoms with Crippen LogP contribution >= 0.6 is 0 Å². The van der Waals surface area contributed by atoms with Gasteiger partial charge in [-0.1, -0.05) is 32.9 Å². The normalized spacial score (nSPS) is 13.6. The summed E-state index contributed by atoms with van der Waals surface area (Å²) in [6.45, 7) is 14.1. The van der Waals surface area contributed by atoms with Gasteiger partial charge in [0.15, 0.2) is 0 Å². The number of benzene rings is 1. The van der Waals surface area contributed by atoms with Crippen molar-refractivity contribution >= 4 is 0 Å². The summed E-state index contributed by atoms with van der Waals surface area (Å²) in [7, 11) is 0. The summed E-state index contributed by atoms with van der Waals surface area (Å²) >= 11 is 0. The van der Waals surface area contributed by atoms with Crippen LogP contribution in [0.15, 0.2) is 24.3 Å². The van der Waals surface area contributed by atoms with E-state index < -0.39 is 0 Å². The van der Waals surface area contributed by atoms with Gasteiger partial charge in [-0.15, -0.1) is 0 Å². The van der Waals surface area contributed by atoms with E-state index in [0.29, 0.717) is 6.04 Å². The highest BCUT2D eigenvalue weighted by atomic mass is 16.5. The van der Waals surface area contributed by atoms with E-state index in [1.165, 1.54) is 5.56 Å². The molecule has 1 rings (SSSR count). The topological polar surface area (TPSA) is 21.3 Å². The van der Waals surface area contributed by atoms with E-state index >= 15 is 0 Å². The predicted molar refractivity (Wildman–Crippen MR) is 83.0 cm³/mol. The van der Waals surface area contributed by atoms with Crippen LogP contribution < -0.4 is 10.1 Å². The summed E-state index contributed by atoms with van der Waals surface area (Å²) in [6, 6.07) is 9.07. The van der Waals surface area contributed by atoms with Gasteiger partial charge in [0.25, 0.3) is 0 Å². The molecule has 108 valence electrons. The van der Waals surface area contributed by atoms with Crippen molar-refractivity contribution in [1.29, 1.82) is 0 Å². The van der Waals surface area contributed by atoms with E-state index in [2.05, 4.69) is 71.1 Å². The summed E-state index contributed by atoms with van der Waals surface area (Å²) in [5.74, 6) is 0.953. The Labute approximate surface area is 118 Å². The van der Waals surface area contributed by atoms with Gasteiger partial charge in [-0.05, 0) is 56.8 Å². The van der Waals surface area contributed by atoms with E-state index in [4.69, 9.17) is 4.74 Å². The number of hydrogen-bond donors (Lipinski definition) is 1. The minimum absolute atomic E-state index is 0.179. The van der Waals surface area contributed by atoms with Crippen molar-refractivity contribution in [3.05, 3.63) is 29.8 Å². The summed E-state index contributed by atoms with van der Waals surface area (Å²) in [5.41, 5.74) is 1.55. The zero-order chi connectivity index (χ0) is 14.5. The van der Waals surface area contributed by atoms with Crippen LogP contribution in [0.2, 0.25) is 0 Å². The van der Waals surface area contributed by atoms with E-state index in [1.807, 2.05) is 0 Å². The molecule has 19 heavy (non-hydrogen) atoms. The Bertz CT molecular complexity index is 367. The molecule has 0 saturated carbocycles. The van der Waals surface area contributed by atoms with Crippen molar-refractivity contribution in [3.63, 3.8) is 0 Å². The fraction of sp³-hybridized carbons (Fsp3) is 0.647. The Morgan fingerprint density at radius 3 is 2.16 bits per heavy atom. The molecule has 0 heterocycles. The van der Waals surface area contributed by atoms with E-state index in [-0.39, 0.29) is 11.5 Å². The monoisotopic (exact) mass is 263 g/mol. The first-order chi connectivity index (χ1) is 8.85. The Balaban J connectivity index is 2.72. The summed E-state index contributed by atoms with van der Waals surface area (Å²) in [5, 5.41) is 3.48. The smallest absolute Gasteiger partial charge is 0.119 e. The average molecular weight is 263 g/mol. The standard InChI is InChI=1S/C17H29NO/c1-7-18-14(4)12-17(5,6)15-8-10-16(11-9-15)19-13(2)3/h8-11,13-14,18H,7,12H2,1-6H3. The third-order valence-electron chi connectivity index (χ3n) is 3.38. The number of nitrogens with one attached hydrogen (secondary N) is 1. The summed E-state index contributed by atoms with van der Waals surface area (Å²) in [4.78, 5) is 0. The SMILES string of the molecule is CCNC(C)CC(C)(C)c1ccc(OC(C)C)cc1. The summed E-state index contributed by atoms with van der Waals surface area (Å²) < 4.78 is 5.69. The van der Waals surface area contributed by atoms with Crippen molar-refractivity contribution in [2.75, 3.05) is 6.54 Å². The molecule has 0 saturated heterocycles. The first-order valence-electron chi connectivity index (χ1n) is 7.35. The predicted octanol–water partition coefficient (Wildman–Crippen LogP) is 4.14. The molecule has 0 spiro atoms. The Hall–Kier alpha value is -1.02. The molecule has 0 radical (unpaired) electrons. The first kappa shape index (κ1) is 16.0. The second-order valence-electron chi connectivity index (χ2n) is 6.24. The second-order valence-corrected chi connectivity index (χ2v) is 6.24. The Morgan fingerprint density at radius 2 is 1.68 bits per heavy atom. The van der Waals surface area contributed by atoms with Gasteiger partial charge in [0.2, 0.25) is 0 Å². The van der Waals surface area contributed by atoms with Crippen molar-refractivity contribution < 1.29 is 4.74 Å². The third-order valence-corrected chi connectivity index (χ3v) is 3.38. The molecular formula is C17H29NO. The molecule has 0 aliphatic rings. The molecule has 0 bridgehead atoms. The van der Waals surface area contributed by atoms with Crippen LogP contribution in [0.25, 0.3) is 0 Å². The lowest BCUT2D eigenvalue weighted by Gasteiger charge is -2.29. The largest absolute Gasteiger partial charge is 0.491 e. The van der Waals surface area contributed by atoms with Gasteiger partial charge < -0.3 is 10.1 Å². The van der Waals surface area contributed by atoms with Gasteiger partial charge in [0.05, 0.1) is 6.10 Å². The van der Waals surface area contributed by atoms with Gasteiger partial charge in [0.1, 0.15) is 5.75 Å². The van der Waals surface area contributed by atoms with Crippen molar-refractivity contribution in [2.45, 2.75) is 65.5 Å². The lowest BCUT2D eigenvalue weighted by Crippen LogP contribution is -2.33. The van der Waals surface area contributed by atoms with Crippen LogP contribution in [-0.2, 0) is 5.41 Å². The van der Waals surface area contributed by atoms with E-state index in [0.717, 1.165) is 18.7 Å². The second kappa shape index (κ2) is 6.95. The highest BCUT2D eigenvalue weighted by molar-refractivity contribution is 5.31. The van der Waals surface area contributed by atoms with Gasteiger partial charge in [-0.25, -0.2) is 0 Å². The van der Waals surface area contributed by atoms with Crippen LogP contribution in [0.1, 0.15) is 53.5 Å². The molecule has 1 aromatic carbocycles. The highest BCUT2D eigenvalue weighted by Gasteiger charge is 2.23. The van der Waals surface area contributed by atoms with Crippen LogP contribution in [0, 0.1) is 0 Å². The number of rotatable bonds is 7. The van der Waals surface area contributed by atoms with Crippen LogP contribution in [-0.4, -0.2) is 18.7 Å². The molecule has 2 nitrogen and oxygen atoms in total. The van der Waals surface area contributed by atoms with Crippen LogP contribution in [0.4, 0.5) is 0 Å². The molecule has 1 N–H and O–H groups in total.